The lowest BCUT2D eigenvalue weighted by Crippen LogP contribution is -2.36. The highest BCUT2D eigenvalue weighted by Crippen LogP contribution is 2.31. The summed E-state index contributed by atoms with van der Waals surface area (Å²) in [7, 11) is -3.71. The van der Waals surface area contributed by atoms with Gasteiger partial charge in [-0.1, -0.05) is 24.3 Å². The summed E-state index contributed by atoms with van der Waals surface area (Å²) in [5.74, 6) is 0. The zero-order valence-electron chi connectivity index (χ0n) is 9.89. The number of hydrogen-bond acceptors (Lipinski definition) is 2. The second kappa shape index (κ2) is 4.97. The van der Waals surface area contributed by atoms with Gasteiger partial charge in [0, 0.05) is 18.7 Å². The first kappa shape index (κ1) is 14.1. The van der Waals surface area contributed by atoms with Crippen molar-refractivity contribution in [1.82, 2.24) is 4.31 Å². The summed E-state index contributed by atoms with van der Waals surface area (Å²) in [6.07, 6.45) is -3.75. The van der Waals surface area contributed by atoms with Gasteiger partial charge in [-0.15, -0.1) is 0 Å². The first-order chi connectivity index (χ1) is 8.82. The molecular formula is C12H12F3NO2S. The third-order valence-corrected chi connectivity index (χ3v) is 4.80. The highest BCUT2D eigenvalue weighted by atomic mass is 32.2. The van der Waals surface area contributed by atoms with Crippen molar-refractivity contribution in [3.63, 3.8) is 0 Å². The van der Waals surface area contributed by atoms with Crippen LogP contribution in [0.3, 0.4) is 0 Å². The summed E-state index contributed by atoms with van der Waals surface area (Å²) >= 11 is 0. The molecule has 0 saturated heterocycles. The largest absolute Gasteiger partial charge is 0.412 e. The topological polar surface area (TPSA) is 37.4 Å². The van der Waals surface area contributed by atoms with Gasteiger partial charge in [0.25, 0.3) is 0 Å². The van der Waals surface area contributed by atoms with Gasteiger partial charge in [0.15, 0.2) is 0 Å². The van der Waals surface area contributed by atoms with E-state index < -0.39 is 21.8 Å². The van der Waals surface area contributed by atoms with Crippen molar-refractivity contribution in [2.75, 3.05) is 13.1 Å². The van der Waals surface area contributed by atoms with Crippen molar-refractivity contribution in [3.8, 4) is 0 Å². The molecule has 1 aromatic carbocycles. The first-order valence-electron chi connectivity index (χ1n) is 5.63. The van der Waals surface area contributed by atoms with Gasteiger partial charge in [0.05, 0.1) is 4.90 Å². The Kier molecular flexibility index (Phi) is 3.69. The molecule has 0 spiro atoms. The average molecular weight is 291 g/mol. The number of alkyl halides is 3. The molecule has 3 nitrogen and oxygen atoms in total. The molecule has 0 bridgehead atoms. The minimum atomic E-state index is -4.37. The van der Waals surface area contributed by atoms with Gasteiger partial charge in [-0.3, -0.25) is 0 Å². The molecule has 1 heterocycles. The highest BCUT2D eigenvalue weighted by molar-refractivity contribution is 7.89. The maximum atomic E-state index is 12.5. The summed E-state index contributed by atoms with van der Waals surface area (Å²) in [4.78, 5) is 0.0962. The number of benzene rings is 1. The number of rotatable bonds is 2. The summed E-state index contributed by atoms with van der Waals surface area (Å²) in [6, 6.07) is 7.69. The lowest BCUT2D eigenvalue weighted by molar-refractivity contribution is -0.0953. The SMILES string of the molecule is O=S(=O)(c1ccccc1)N1CC=C(C(F)(F)F)CC1. The van der Waals surface area contributed by atoms with Crippen LogP contribution in [0.2, 0.25) is 0 Å². The number of sulfonamides is 1. The van der Waals surface area contributed by atoms with Gasteiger partial charge in [-0.2, -0.15) is 17.5 Å². The minimum absolute atomic E-state index is 0.0962. The van der Waals surface area contributed by atoms with Crippen LogP contribution < -0.4 is 0 Å². The Morgan fingerprint density at radius 3 is 2.21 bits per heavy atom. The molecule has 1 aliphatic rings. The van der Waals surface area contributed by atoms with E-state index in [-0.39, 0.29) is 24.4 Å². The predicted molar refractivity (Wildman–Crippen MR) is 64.0 cm³/mol. The van der Waals surface area contributed by atoms with E-state index in [1.54, 1.807) is 18.2 Å². The van der Waals surface area contributed by atoms with Gasteiger partial charge in [-0.25, -0.2) is 8.42 Å². The zero-order valence-corrected chi connectivity index (χ0v) is 10.7. The highest BCUT2D eigenvalue weighted by Gasteiger charge is 2.37. The fraction of sp³-hybridized carbons (Fsp3) is 0.333. The quantitative estimate of drug-likeness (QED) is 0.785. The predicted octanol–water partition coefficient (Wildman–Crippen LogP) is 2.57. The summed E-state index contributed by atoms with van der Waals surface area (Å²) in [5, 5.41) is 0. The first-order valence-corrected chi connectivity index (χ1v) is 7.07. The molecule has 0 atom stereocenters. The monoisotopic (exact) mass is 291 g/mol. The normalized spacial score (nSPS) is 18.2. The molecule has 0 radical (unpaired) electrons. The maximum Gasteiger partial charge on any atom is 0.412 e. The Hall–Kier alpha value is -1.34. The maximum absolute atomic E-state index is 12.5. The van der Waals surface area contributed by atoms with Crippen LogP contribution in [0.1, 0.15) is 6.42 Å². The van der Waals surface area contributed by atoms with E-state index in [4.69, 9.17) is 0 Å². The molecule has 0 unspecified atom stereocenters. The van der Waals surface area contributed by atoms with Gasteiger partial charge >= 0.3 is 6.18 Å². The van der Waals surface area contributed by atoms with Crippen molar-refractivity contribution in [1.29, 1.82) is 0 Å². The number of hydrogen-bond donors (Lipinski definition) is 0. The van der Waals surface area contributed by atoms with Crippen LogP contribution in [0.5, 0.6) is 0 Å². The molecule has 0 aliphatic carbocycles. The molecule has 7 heteroatoms. The van der Waals surface area contributed by atoms with Crippen LogP contribution in [0.25, 0.3) is 0 Å². The molecule has 1 aliphatic heterocycles. The minimum Gasteiger partial charge on any atom is -0.207 e. The smallest absolute Gasteiger partial charge is 0.207 e. The molecular weight excluding hydrogens is 279 g/mol. The molecule has 19 heavy (non-hydrogen) atoms. The molecule has 0 saturated carbocycles. The Bertz CT molecular complexity index is 579. The van der Waals surface area contributed by atoms with E-state index in [2.05, 4.69) is 0 Å². The molecule has 0 fully saturated rings. The summed E-state index contributed by atoms with van der Waals surface area (Å²) < 4.78 is 62.7. The number of halogens is 3. The Morgan fingerprint density at radius 2 is 1.74 bits per heavy atom. The van der Waals surface area contributed by atoms with E-state index in [1.807, 2.05) is 0 Å². The van der Waals surface area contributed by atoms with Crippen LogP contribution in [0.4, 0.5) is 13.2 Å². The fourth-order valence-corrected chi connectivity index (χ4v) is 3.27. The Labute approximate surface area is 109 Å². The van der Waals surface area contributed by atoms with E-state index in [0.717, 1.165) is 10.4 Å². The van der Waals surface area contributed by atoms with Crippen LogP contribution in [0.15, 0.2) is 46.9 Å². The van der Waals surface area contributed by atoms with Crippen LogP contribution in [-0.4, -0.2) is 32.0 Å². The summed E-state index contributed by atoms with van der Waals surface area (Å²) in [5.41, 5.74) is -0.660. The van der Waals surface area contributed by atoms with Crippen molar-refractivity contribution in [2.24, 2.45) is 0 Å². The zero-order chi connectivity index (χ0) is 14.1. The van der Waals surface area contributed by atoms with E-state index in [1.165, 1.54) is 12.1 Å². The Morgan fingerprint density at radius 1 is 1.11 bits per heavy atom. The second-order valence-corrected chi connectivity index (χ2v) is 6.09. The Balaban J connectivity index is 2.21. The lowest BCUT2D eigenvalue weighted by atomic mass is 10.1. The standard InChI is InChI=1S/C12H12F3NO2S/c13-12(14,15)10-6-8-16(9-7-10)19(17,18)11-4-2-1-3-5-11/h1-6H,7-9H2. The molecule has 104 valence electrons. The van der Waals surface area contributed by atoms with Crippen LogP contribution in [-0.2, 0) is 10.0 Å². The van der Waals surface area contributed by atoms with Crippen LogP contribution >= 0.6 is 0 Å². The molecule has 0 amide bonds. The van der Waals surface area contributed by atoms with Gasteiger partial charge in [0.2, 0.25) is 10.0 Å². The average Bonchev–Trinajstić information content (AvgIpc) is 2.39. The van der Waals surface area contributed by atoms with Gasteiger partial charge < -0.3 is 0 Å². The van der Waals surface area contributed by atoms with E-state index >= 15 is 0 Å². The molecule has 1 aromatic rings. The van der Waals surface area contributed by atoms with Gasteiger partial charge in [0.1, 0.15) is 0 Å². The molecule has 0 aromatic heterocycles. The second-order valence-electron chi connectivity index (χ2n) is 4.15. The van der Waals surface area contributed by atoms with Crippen LogP contribution in [0, 0.1) is 0 Å². The van der Waals surface area contributed by atoms with Gasteiger partial charge in [-0.05, 0) is 18.6 Å². The van der Waals surface area contributed by atoms with Crippen molar-refractivity contribution in [2.45, 2.75) is 17.5 Å². The van der Waals surface area contributed by atoms with Crippen molar-refractivity contribution in [3.05, 3.63) is 42.0 Å². The summed E-state index contributed by atoms with van der Waals surface area (Å²) in [6.45, 7) is -0.394. The third kappa shape index (κ3) is 2.98. The molecule has 2 rings (SSSR count). The van der Waals surface area contributed by atoms with E-state index in [9.17, 15) is 21.6 Å². The fourth-order valence-electron chi connectivity index (χ4n) is 1.87. The van der Waals surface area contributed by atoms with Crippen molar-refractivity contribution >= 4 is 10.0 Å². The lowest BCUT2D eigenvalue weighted by Gasteiger charge is -2.26. The van der Waals surface area contributed by atoms with Crippen molar-refractivity contribution < 1.29 is 21.6 Å². The number of nitrogens with zero attached hydrogens (tertiary/aromatic N) is 1. The third-order valence-electron chi connectivity index (χ3n) is 2.92. The molecule has 0 N–H and O–H groups in total. The van der Waals surface area contributed by atoms with E-state index in [0.29, 0.717) is 0 Å².